The summed E-state index contributed by atoms with van der Waals surface area (Å²) in [4.78, 5) is 23.9. The van der Waals surface area contributed by atoms with Gasteiger partial charge >= 0.3 is 0 Å². The van der Waals surface area contributed by atoms with E-state index in [1.807, 2.05) is 11.8 Å². The van der Waals surface area contributed by atoms with E-state index in [-0.39, 0.29) is 17.4 Å². The second-order valence-corrected chi connectivity index (χ2v) is 4.96. The zero-order valence-electron chi connectivity index (χ0n) is 11.9. The number of amides is 1. The molecule has 0 unspecified atom stereocenters. The van der Waals surface area contributed by atoms with Crippen LogP contribution in [0, 0.1) is 10.1 Å². The number of piperidine rings is 1. The number of anilines is 1. The molecule has 1 aliphatic heterocycles. The topological polar surface area (TPSA) is 98.7 Å². The minimum atomic E-state index is -0.652. The Kier molecular flexibility index (Phi) is 4.74. The molecular weight excluding hydrogens is 274 g/mol. The smallest absolute Gasteiger partial charge is 0.270 e. The van der Waals surface area contributed by atoms with Crippen LogP contribution in [0.3, 0.4) is 0 Å². The predicted octanol–water partition coefficient (Wildman–Crippen LogP) is 1.70. The van der Waals surface area contributed by atoms with E-state index in [2.05, 4.69) is 0 Å². The number of benzene rings is 1. The SMILES string of the molecule is CCOC1CCN(c2ccc([N+](=O)[O-])cc2C(N)=O)CC1. The van der Waals surface area contributed by atoms with Crippen LogP contribution in [0.1, 0.15) is 30.1 Å². The molecule has 0 atom stereocenters. The van der Waals surface area contributed by atoms with Crippen LogP contribution in [0.25, 0.3) is 0 Å². The van der Waals surface area contributed by atoms with Crippen LogP contribution in [0.15, 0.2) is 18.2 Å². The molecule has 1 aromatic rings. The molecule has 1 saturated heterocycles. The Morgan fingerprint density at radius 2 is 2.14 bits per heavy atom. The lowest BCUT2D eigenvalue weighted by Gasteiger charge is -2.34. The highest BCUT2D eigenvalue weighted by atomic mass is 16.6. The van der Waals surface area contributed by atoms with Crippen molar-refractivity contribution in [2.75, 3.05) is 24.6 Å². The molecule has 0 bridgehead atoms. The number of nitrogens with zero attached hydrogens (tertiary/aromatic N) is 2. The third-order valence-corrected chi connectivity index (χ3v) is 3.64. The molecule has 1 amide bonds. The van der Waals surface area contributed by atoms with E-state index < -0.39 is 10.8 Å². The first-order valence-electron chi connectivity index (χ1n) is 6.97. The van der Waals surface area contributed by atoms with Gasteiger partial charge in [-0.15, -0.1) is 0 Å². The van der Waals surface area contributed by atoms with Gasteiger partial charge in [0.05, 0.1) is 22.3 Å². The lowest BCUT2D eigenvalue weighted by atomic mass is 10.0. The van der Waals surface area contributed by atoms with Gasteiger partial charge in [0.15, 0.2) is 0 Å². The molecule has 114 valence electrons. The molecule has 0 radical (unpaired) electrons. The Bertz CT molecular complexity index is 539. The Morgan fingerprint density at radius 3 is 2.67 bits per heavy atom. The van der Waals surface area contributed by atoms with Crippen molar-refractivity contribution in [3.63, 3.8) is 0 Å². The van der Waals surface area contributed by atoms with Crippen molar-refractivity contribution in [3.8, 4) is 0 Å². The first kappa shape index (κ1) is 15.2. The highest BCUT2D eigenvalue weighted by molar-refractivity contribution is 5.99. The van der Waals surface area contributed by atoms with Gasteiger partial charge in [-0.3, -0.25) is 14.9 Å². The quantitative estimate of drug-likeness (QED) is 0.658. The Balaban J connectivity index is 2.20. The van der Waals surface area contributed by atoms with Crippen LogP contribution >= 0.6 is 0 Å². The monoisotopic (exact) mass is 293 g/mol. The van der Waals surface area contributed by atoms with Crippen molar-refractivity contribution in [2.24, 2.45) is 5.73 Å². The molecule has 1 aromatic carbocycles. The second kappa shape index (κ2) is 6.53. The van der Waals surface area contributed by atoms with Crippen LogP contribution in [0.5, 0.6) is 0 Å². The highest BCUT2D eigenvalue weighted by Gasteiger charge is 2.24. The number of nitro groups is 1. The maximum atomic E-state index is 11.6. The van der Waals surface area contributed by atoms with Gasteiger partial charge < -0.3 is 15.4 Å². The number of carbonyl (C=O) groups is 1. The number of rotatable bonds is 5. The number of hydrogen-bond acceptors (Lipinski definition) is 5. The highest BCUT2D eigenvalue weighted by Crippen LogP contribution is 2.28. The van der Waals surface area contributed by atoms with E-state index in [4.69, 9.17) is 10.5 Å². The molecule has 21 heavy (non-hydrogen) atoms. The fourth-order valence-electron chi connectivity index (χ4n) is 2.61. The lowest BCUT2D eigenvalue weighted by molar-refractivity contribution is -0.384. The summed E-state index contributed by atoms with van der Waals surface area (Å²) >= 11 is 0. The van der Waals surface area contributed by atoms with Crippen LogP contribution in [0.4, 0.5) is 11.4 Å². The summed E-state index contributed by atoms with van der Waals surface area (Å²) in [5, 5.41) is 10.8. The lowest BCUT2D eigenvalue weighted by Crippen LogP contribution is -2.38. The van der Waals surface area contributed by atoms with Crippen LogP contribution in [-0.2, 0) is 4.74 Å². The maximum absolute atomic E-state index is 11.6. The molecule has 7 heteroatoms. The van der Waals surface area contributed by atoms with Crippen LogP contribution in [0.2, 0.25) is 0 Å². The molecule has 1 heterocycles. The average Bonchev–Trinajstić information content (AvgIpc) is 2.47. The van der Waals surface area contributed by atoms with E-state index >= 15 is 0 Å². The normalized spacial score (nSPS) is 16.0. The largest absolute Gasteiger partial charge is 0.378 e. The van der Waals surface area contributed by atoms with Crippen molar-refractivity contribution < 1.29 is 14.5 Å². The standard InChI is InChI=1S/C14H19N3O4/c1-2-21-11-5-7-16(8-6-11)13-4-3-10(17(19)20)9-12(13)14(15)18/h3-4,9,11H,2,5-8H2,1H3,(H2,15,18). The molecule has 7 nitrogen and oxygen atoms in total. The minimum Gasteiger partial charge on any atom is -0.378 e. The minimum absolute atomic E-state index is 0.128. The average molecular weight is 293 g/mol. The summed E-state index contributed by atoms with van der Waals surface area (Å²) < 4.78 is 5.59. The van der Waals surface area contributed by atoms with Gasteiger partial charge in [-0.05, 0) is 25.8 Å². The third-order valence-electron chi connectivity index (χ3n) is 3.64. The molecule has 0 spiro atoms. The summed E-state index contributed by atoms with van der Waals surface area (Å²) in [5.41, 5.74) is 6.07. The van der Waals surface area contributed by atoms with E-state index in [0.29, 0.717) is 12.3 Å². The zero-order valence-corrected chi connectivity index (χ0v) is 11.9. The van der Waals surface area contributed by atoms with Gasteiger partial charge in [-0.2, -0.15) is 0 Å². The maximum Gasteiger partial charge on any atom is 0.270 e. The van der Waals surface area contributed by atoms with Crippen molar-refractivity contribution in [3.05, 3.63) is 33.9 Å². The number of nitro benzene ring substituents is 1. The van der Waals surface area contributed by atoms with Crippen molar-refractivity contribution in [1.82, 2.24) is 0 Å². The van der Waals surface area contributed by atoms with Gasteiger partial charge in [0.25, 0.3) is 11.6 Å². The molecule has 2 rings (SSSR count). The van der Waals surface area contributed by atoms with Crippen LogP contribution in [-0.4, -0.2) is 36.6 Å². The summed E-state index contributed by atoms with van der Waals surface area (Å²) in [7, 11) is 0. The summed E-state index contributed by atoms with van der Waals surface area (Å²) in [5.74, 6) is -0.652. The number of non-ortho nitro benzene ring substituents is 1. The first-order valence-corrected chi connectivity index (χ1v) is 6.97. The van der Waals surface area contributed by atoms with Crippen molar-refractivity contribution in [1.29, 1.82) is 0 Å². The molecule has 0 saturated carbocycles. The van der Waals surface area contributed by atoms with E-state index in [1.165, 1.54) is 12.1 Å². The third kappa shape index (κ3) is 3.49. The van der Waals surface area contributed by atoms with Crippen molar-refractivity contribution >= 4 is 17.3 Å². The van der Waals surface area contributed by atoms with E-state index in [1.54, 1.807) is 6.07 Å². The fraction of sp³-hybridized carbons (Fsp3) is 0.500. The molecule has 0 aromatic heterocycles. The Hall–Kier alpha value is -2.15. The molecule has 1 aliphatic rings. The van der Waals surface area contributed by atoms with Gasteiger partial charge in [0, 0.05) is 31.8 Å². The van der Waals surface area contributed by atoms with E-state index in [0.717, 1.165) is 25.9 Å². The summed E-state index contributed by atoms with van der Waals surface area (Å²) in [6, 6.07) is 4.24. The summed E-state index contributed by atoms with van der Waals surface area (Å²) in [6.07, 6.45) is 1.97. The Morgan fingerprint density at radius 1 is 1.48 bits per heavy atom. The predicted molar refractivity (Wildman–Crippen MR) is 78.5 cm³/mol. The fourth-order valence-corrected chi connectivity index (χ4v) is 2.61. The molecule has 1 fully saturated rings. The number of ether oxygens (including phenoxy) is 1. The molecule has 0 aliphatic carbocycles. The number of hydrogen-bond donors (Lipinski definition) is 1. The van der Waals surface area contributed by atoms with Gasteiger partial charge in [-0.1, -0.05) is 0 Å². The molecular formula is C14H19N3O4. The van der Waals surface area contributed by atoms with Crippen LogP contribution < -0.4 is 10.6 Å². The zero-order chi connectivity index (χ0) is 15.4. The van der Waals surface area contributed by atoms with E-state index in [9.17, 15) is 14.9 Å². The second-order valence-electron chi connectivity index (χ2n) is 4.96. The number of nitrogens with two attached hydrogens (primary N) is 1. The first-order chi connectivity index (χ1) is 10.0. The summed E-state index contributed by atoms with van der Waals surface area (Å²) in [6.45, 7) is 4.13. The Labute approximate surface area is 122 Å². The van der Waals surface area contributed by atoms with Gasteiger partial charge in [0.2, 0.25) is 0 Å². The van der Waals surface area contributed by atoms with Gasteiger partial charge in [-0.25, -0.2) is 0 Å². The number of carbonyl (C=O) groups excluding carboxylic acids is 1. The molecule has 2 N–H and O–H groups in total. The number of primary amides is 1. The van der Waals surface area contributed by atoms with Crippen molar-refractivity contribution in [2.45, 2.75) is 25.9 Å². The van der Waals surface area contributed by atoms with Gasteiger partial charge in [0.1, 0.15) is 0 Å².